The first kappa shape index (κ1) is 31.7. The average molecular weight is 824 g/mol. The number of rotatable bonds is 5. The first-order chi connectivity index (χ1) is 20.3. The van der Waals surface area contributed by atoms with Gasteiger partial charge in [-0.3, -0.25) is 0 Å². The Kier molecular flexibility index (Phi) is 10.3. The minimum atomic E-state index is -1.79. The van der Waals surface area contributed by atoms with Gasteiger partial charge in [-0.05, 0) is 40.3 Å². The zero-order valence-electron chi connectivity index (χ0n) is 24.8. The maximum absolute atomic E-state index is 12.8. The van der Waals surface area contributed by atoms with Crippen LogP contribution in [0.1, 0.15) is 31.2 Å². The molecule has 0 spiro atoms. The Morgan fingerprint density at radius 3 is 2.42 bits per heavy atom. The number of nitrogens with zero attached hydrogens (tertiary/aromatic N) is 2. The number of aromatic nitrogens is 2. The second-order valence-corrected chi connectivity index (χ2v) is 23.9. The topological polar surface area (TPSA) is 25.8 Å². The molecule has 3 heterocycles. The van der Waals surface area contributed by atoms with E-state index in [9.17, 15) is 4.39 Å². The van der Waals surface area contributed by atoms with Gasteiger partial charge < -0.3 is 4.98 Å². The molecule has 0 amide bonds. The largest absolute Gasteiger partial charge is 0.305 e. The van der Waals surface area contributed by atoms with Crippen LogP contribution in [-0.4, -0.2) is 23.2 Å². The van der Waals surface area contributed by atoms with Crippen LogP contribution in [0.15, 0.2) is 91.3 Å². The summed E-state index contributed by atoms with van der Waals surface area (Å²) in [5, 5.41) is 2.65. The summed E-state index contributed by atoms with van der Waals surface area (Å²) in [5.74, 6) is 7.59. The summed E-state index contributed by atoms with van der Waals surface area (Å²) >= 11 is 0.0639. The maximum atomic E-state index is 12.8. The number of hydrogen-bond acceptors (Lipinski definition) is 3. The Morgan fingerprint density at radius 2 is 1.70 bits per heavy atom. The number of halogens is 1. The average Bonchev–Trinajstić information content (AvgIpc) is 3.65. The zero-order valence-corrected chi connectivity index (χ0v) is 30.1. The van der Waals surface area contributed by atoms with E-state index in [0.717, 1.165) is 28.4 Å². The third-order valence-corrected chi connectivity index (χ3v) is 13.6. The summed E-state index contributed by atoms with van der Waals surface area (Å²) in [6.07, 6.45) is 10.7. The Balaban J connectivity index is 0.000000180. The van der Waals surface area contributed by atoms with Gasteiger partial charge in [0, 0.05) is 31.0 Å². The molecular weight excluding hydrogens is 788 g/mol. The van der Waals surface area contributed by atoms with Crippen molar-refractivity contribution in [1.29, 1.82) is 0 Å². The van der Waals surface area contributed by atoms with Crippen LogP contribution in [-0.2, 0) is 26.5 Å². The molecule has 2 nitrogen and oxygen atoms in total. The van der Waals surface area contributed by atoms with E-state index >= 15 is 0 Å². The molecule has 1 aliphatic rings. The Labute approximate surface area is 274 Å². The van der Waals surface area contributed by atoms with Crippen molar-refractivity contribution in [2.24, 2.45) is 5.92 Å². The van der Waals surface area contributed by atoms with Crippen molar-refractivity contribution in [1.82, 2.24) is 9.97 Å². The summed E-state index contributed by atoms with van der Waals surface area (Å²) in [7, 11) is 0. The van der Waals surface area contributed by atoms with E-state index in [4.69, 9.17) is 0 Å². The van der Waals surface area contributed by atoms with Gasteiger partial charge in [0.1, 0.15) is 0 Å². The predicted octanol–water partition coefficient (Wildman–Crippen LogP) is 9.88. The van der Waals surface area contributed by atoms with Gasteiger partial charge in [-0.25, -0.2) is 0 Å². The van der Waals surface area contributed by atoms with Gasteiger partial charge >= 0.3 is 104 Å². The minimum Gasteiger partial charge on any atom is -0.305 e. The SMILES string of the molecule is [CH3][Ge]([CH3])([CH3])[c]1ccc(-c2[c-]cc(F)cc2)nc1.[Ir].[c-]1ccc2c(sc3ccccc32)c1-c1cc(CC2CCCC2)ccn1. The second-order valence-electron chi connectivity index (χ2n) is 12.2. The van der Waals surface area contributed by atoms with Gasteiger partial charge in [0.25, 0.3) is 0 Å². The number of fused-ring (bicyclic) bond motifs is 3. The Bertz CT molecular complexity index is 1800. The van der Waals surface area contributed by atoms with Gasteiger partial charge in [-0.15, -0.1) is 23.8 Å². The van der Waals surface area contributed by atoms with Crippen LogP contribution >= 0.6 is 11.3 Å². The van der Waals surface area contributed by atoms with Crippen molar-refractivity contribution in [2.45, 2.75) is 49.4 Å². The van der Waals surface area contributed by atoms with Gasteiger partial charge in [0.05, 0.1) is 0 Å². The molecule has 43 heavy (non-hydrogen) atoms. The molecule has 3 aromatic heterocycles. The predicted molar refractivity (Wildman–Crippen MR) is 179 cm³/mol. The van der Waals surface area contributed by atoms with Crippen molar-refractivity contribution >= 4 is 49.2 Å². The molecular formula is C37H35FGeIrN2S-2. The fraction of sp³-hybridized carbons (Fsp3) is 0.243. The quantitative estimate of drug-likeness (QED) is 0.128. The minimum absolute atomic E-state index is 0. The molecule has 0 aliphatic heterocycles. The molecule has 221 valence electrons. The van der Waals surface area contributed by atoms with Crippen LogP contribution in [0.25, 0.3) is 42.7 Å². The molecule has 0 atom stereocenters. The van der Waals surface area contributed by atoms with E-state index < -0.39 is 13.3 Å². The van der Waals surface area contributed by atoms with Gasteiger partial charge in [0.2, 0.25) is 0 Å². The normalized spacial score (nSPS) is 13.5. The van der Waals surface area contributed by atoms with Crippen LogP contribution < -0.4 is 4.40 Å². The van der Waals surface area contributed by atoms with Gasteiger partial charge in [-0.2, -0.15) is 11.3 Å². The monoisotopic (exact) mass is 825 g/mol. The number of hydrogen-bond donors (Lipinski definition) is 0. The fourth-order valence-electron chi connectivity index (χ4n) is 5.73. The molecule has 1 fully saturated rings. The molecule has 0 saturated heterocycles. The third-order valence-electron chi connectivity index (χ3n) is 8.10. The maximum Gasteiger partial charge on any atom is 0.0239 e. The summed E-state index contributed by atoms with van der Waals surface area (Å²) in [6.45, 7) is 0. The van der Waals surface area contributed by atoms with Crippen molar-refractivity contribution in [3.05, 3.63) is 115 Å². The number of thiophene rings is 1. The molecule has 0 bridgehead atoms. The fourth-order valence-corrected chi connectivity index (χ4v) is 9.11. The Morgan fingerprint density at radius 1 is 0.884 bits per heavy atom. The van der Waals surface area contributed by atoms with E-state index in [0.29, 0.717) is 0 Å². The smallest absolute Gasteiger partial charge is 0.0239 e. The molecule has 7 rings (SSSR count). The summed E-state index contributed by atoms with van der Waals surface area (Å²) < 4.78 is 16.8. The van der Waals surface area contributed by atoms with E-state index in [1.165, 1.54) is 74.4 Å². The first-order valence-corrected chi connectivity index (χ1v) is 22.9. The molecule has 6 aromatic rings. The summed E-state index contributed by atoms with van der Waals surface area (Å²) in [4.78, 5) is 9.12. The molecule has 0 N–H and O–H groups in total. The first-order valence-electron chi connectivity index (χ1n) is 14.8. The number of pyridine rings is 2. The van der Waals surface area contributed by atoms with Crippen LogP contribution in [0.2, 0.25) is 17.3 Å². The van der Waals surface area contributed by atoms with Gasteiger partial charge in [0.15, 0.2) is 0 Å². The van der Waals surface area contributed by atoms with E-state index in [2.05, 4.69) is 87.9 Å². The van der Waals surface area contributed by atoms with Crippen LogP contribution in [0.4, 0.5) is 4.39 Å². The van der Waals surface area contributed by atoms with Crippen molar-refractivity contribution in [3.63, 3.8) is 0 Å². The van der Waals surface area contributed by atoms with Crippen molar-refractivity contribution in [3.8, 4) is 22.5 Å². The second kappa shape index (κ2) is 13.9. The molecule has 3 aromatic carbocycles. The van der Waals surface area contributed by atoms with Crippen molar-refractivity contribution < 1.29 is 24.5 Å². The van der Waals surface area contributed by atoms with Crippen LogP contribution in [0, 0.1) is 23.9 Å². The Hall–Kier alpha value is -2.70. The number of benzene rings is 3. The third kappa shape index (κ3) is 7.52. The molecule has 1 radical (unpaired) electrons. The van der Waals surface area contributed by atoms with E-state index in [1.807, 2.05) is 35.9 Å². The molecule has 0 unspecified atom stereocenters. The summed E-state index contributed by atoms with van der Waals surface area (Å²) in [5.41, 5.74) is 5.31. The zero-order chi connectivity index (χ0) is 29.1. The van der Waals surface area contributed by atoms with E-state index in [-0.39, 0.29) is 25.9 Å². The van der Waals surface area contributed by atoms with Crippen LogP contribution in [0.3, 0.4) is 0 Å². The molecule has 1 aliphatic carbocycles. The molecule has 6 heteroatoms. The summed E-state index contributed by atoms with van der Waals surface area (Å²) in [6, 6.07) is 32.3. The van der Waals surface area contributed by atoms with Crippen LogP contribution in [0.5, 0.6) is 0 Å². The van der Waals surface area contributed by atoms with Gasteiger partial charge in [-0.1, -0.05) is 60.9 Å². The standard InChI is InChI=1S/C23H20NS.C14H15FGeN.Ir/c1-2-7-16(6-1)14-17-12-13-24-21(15-17)20-10-5-9-19-18-8-3-4-11-22(18)25-23(19)20;1-16(2,3)13-8-9-14(17-10-13)11-4-6-12(15)7-5-11;/h3-5,8-9,11-13,15-16H,1-2,6-7,14H2;4,6-10H,1-3H3;/q2*-1;. The van der Waals surface area contributed by atoms with E-state index in [1.54, 1.807) is 6.07 Å². The molecule has 1 saturated carbocycles. The van der Waals surface area contributed by atoms with Crippen molar-refractivity contribution in [2.75, 3.05) is 0 Å².